The van der Waals surface area contributed by atoms with Crippen LogP contribution in [-0.2, 0) is 7.05 Å². The first-order valence-electron chi connectivity index (χ1n) is 5.00. The van der Waals surface area contributed by atoms with E-state index in [2.05, 4.69) is 31.6 Å². The van der Waals surface area contributed by atoms with E-state index < -0.39 is 0 Å². The predicted octanol–water partition coefficient (Wildman–Crippen LogP) is 3.94. The van der Waals surface area contributed by atoms with E-state index >= 15 is 0 Å². The van der Waals surface area contributed by atoms with Crippen LogP contribution in [0.3, 0.4) is 0 Å². The van der Waals surface area contributed by atoms with E-state index in [4.69, 9.17) is 23.2 Å². The number of hydrogen-bond acceptors (Lipinski definition) is 3. The van der Waals surface area contributed by atoms with Gasteiger partial charge < -0.3 is 0 Å². The molecule has 4 nitrogen and oxygen atoms in total. The van der Waals surface area contributed by atoms with Crippen molar-refractivity contribution in [2.24, 2.45) is 12.1 Å². The fraction of sp³-hybridized carbons (Fsp3) is 0.0909. The average molecular weight is 348 g/mol. The van der Waals surface area contributed by atoms with Crippen molar-refractivity contribution in [1.82, 2.24) is 9.78 Å². The van der Waals surface area contributed by atoms with Crippen molar-refractivity contribution in [2.75, 3.05) is 5.43 Å². The maximum absolute atomic E-state index is 6.01. The Morgan fingerprint density at radius 1 is 1.33 bits per heavy atom. The summed E-state index contributed by atoms with van der Waals surface area (Å²) in [6.45, 7) is 0. The highest BCUT2D eigenvalue weighted by atomic mass is 79.9. The van der Waals surface area contributed by atoms with Crippen molar-refractivity contribution < 1.29 is 0 Å². The van der Waals surface area contributed by atoms with E-state index in [1.165, 1.54) is 4.68 Å². The van der Waals surface area contributed by atoms with Gasteiger partial charge in [-0.05, 0) is 24.3 Å². The molecule has 0 aliphatic heterocycles. The van der Waals surface area contributed by atoms with Gasteiger partial charge in [0.15, 0.2) is 5.15 Å². The fourth-order valence-electron chi connectivity index (χ4n) is 1.29. The molecule has 0 unspecified atom stereocenters. The van der Waals surface area contributed by atoms with Crippen LogP contribution in [0.5, 0.6) is 0 Å². The second-order valence-corrected chi connectivity index (χ2v) is 5.13. The van der Waals surface area contributed by atoms with Gasteiger partial charge in [0, 0.05) is 11.5 Å². The summed E-state index contributed by atoms with van der Waals surface area (Å²) in [5, 5.41) is 8.81. The molecule has 2 aromatic rings. The zero-order chi connectivity index (χ0) is 13.1. The van der Waals surface area contributed by atoms with Gasteiger partial charge in [0.1, 0.15) is 5.15 Å². The molecule has 0 saturated heterocycles. The second kappa shape index (κ2) is 5.73. The number of aromatic nitrogens is 2. The van der Waals surface area contributed by atoms with E-state index in [0.29, 0.717) is 15.9 Å². The van der Waals surface area contributed by atoms with Crippen LogP contribution >= 0.6 is 39.1 Å². The topological polar surface area (TPSA) is 42.2 Å². The lowest BCUT2D eigenvalue weighted by atomic mass is 10.3. The van der Waals surface area contributed by atoms with Crippen LogP contribution in [0.1, 0.15) is 5.56 Å². The number of nitrogens with zero attached hydrogens (tertiary/aromatic N) is 3. The normalized spacial score (nSPS) is 11.1. The standard InChI is InChI=1S/C11H9BrCl2N4/c1-18-11(14)9(10(13)17-18)6-15-16-8-4-2-7(12)3-5-8/h2-6,16H,1H3. The molecule has 1 N–H and O–H groups in total. The monoisotopic (exact) mass is 346 g/mol. The van der Waals surface area contributed by atoms with Crippen LogP contribution < -0.4 is 5.43 Å². The Labute approximate surface area is 123 Å². The van der Waals surface area contributed by atoms with Crippen molar-refractivity contribution in [3.8, 4) is 0 Å². The molecule has 94 valence electrons. The predicted molar refractivity (Wildman–Crippen MR) is 78.6 cm³/mol. The third kappa shape index (κ3) is 3.04. The Hall–Kier alpha value is -1.04. The van der Waals surface area contributed by atoms with Crippen LogP contribution in [0.25, 0.3) is 0 Å². The van der Waals surface area contributed by atoms with Gasteiger partial charge in [-0.1, -0.05) is 39.1 Å². The van der Waals surface area contributed by atoms with Gasteiger partial charge in [0.05, 0.1) is 17.5 Å². The largest absolute Gasteiger partial charge is 0.279 e. The van der Waals surface area contributed by atoms with Gasteiger partial charge in [-0.3, -0.25) is 10.1 Å². The van der Waals surface area contributed by atoms with Crippen LogP contribution in [0.4, 0.5) is 5.69 Å². The molecule has 0 saturated carbocycles. The molecule has 0 bridgehead atoms. The molecule has 0 amide bonds. The molecule has 1 aromatic heterocycles. The number of benzene rings is 1. The van der Waals surface area contributed by atoms with Gasteiger partial charge in [-0.25, -0.2) is 0 Å². The maximum atomic E-state index is 6.01. The molecule has 0 aliphatic carbocycles. The number of nitrogens with one attached hydrogen (secondary N) is 1. The van der Waals surface area contributed by atoms with Gasteiger partial charge in [0.25, 0.3) is 0 Å². The molecule has 1 heterocycles. The highest BCUT2D eigenvalue weighted by molar-refractivity contribution is 9.10. The van der Waals surface area contributed by atoms with E-state index in [-0.39, 0.29) is 0 Å². The molecule has 2 rings (SSSR count). The molecular weight excluding hydrogens is 339 g/mol. The van der Waals surface area contributed by atoms with Crippen LogP contribution in [0.2, 0.25) is 10.3 Å². The Bertz CT molecular complexity index is 577. The zero-order valence-corrected chi connectivity index (χ0v) is 12.5. The number of rotatable bonds is 3. The lowest BCUT2D eigenvalue weighted by Gasteiger charge is -1.99. The van der Waals surface area contributed by atoms with E-state index in [1.54, 1.807) is 13.3 Å². The Kier molecular flexibility index (Phi) is 4.27. The minimum atomic E-state index is 0.323. The van der Waals surface area contributed by atoms with E-state index in [1.807, 2.05) is 24.3 Å². The third-order valence-corrected chi connectivity index (χ3v) is 3.45. The van der Waals surface area contributed by atoms with Crippen LogP contribution in [0, 0.1) is 0 Å². The van der Waals surface area contributed by atoms with Crippen LogP contribution in [0.15, 0.2) is 33.8 Å². The summed E-state index contributed by atoms with van der Waals surface area (Å²) in [5.41, 5.74) is 4.33. The summed E-state index contributed by atoms with van der Waals surface area (Å²) in [6, 6.07) is 7.63. The first-order valence-corrected chi connectivity index (χ1v) is 6.55. The second-order valence-electron chi connectivity index (χ2n) is 3.50. The molecule has 7 heteroatoms. The Morgan fingerprint density at radius 3 is 2.56 bits per heavy atom. The van der Waals surface area contributed by atoms with Crippen molar-refractivity contribution in [3.63, 3.8) is 0 Å². The molecule has 0 spiro atoms. The Morgan fingerprint density at radius 2 is 2.00 bits per heavy atom. The minimum Gasteiger partial charge on any atom is -0.279 e. The van der Waals surface area contributed by atoms with Crippen molar-refractivity contribution in [1.29, 1.82) is 0 Å². The van der Waals surface area contributed by atoms with Crippen LogP contribution in [-0.4, -0.2) is 16.0 Å². The summed E-state index contributed by atoms with van der Waals surface area (Å²) in [6.07, 6.45) is 1.54. The quantitative estimate of drug-likeness (QED) is 0.675. The highest BCUT2D eigenvalue weighted by Crippen LogP contribution is 2.21. The number of halogens is 3. The van der Waals surface area contributed by atoms with Gasteiger partial charge >= 0.3 is 0 Å². The van der Waals surface area contributed by atoms with Gasteiger partial charge in [-0.2, -0.15) is 10.2 Å². The number of aryl methyl sites for hydroxylation is 1. The molecule has 18 heavy (non-hydrogen) atoms. The summed E-state index contributed by atoms with van der Waals surface area (Å²) in [7, 11) is 1.72. The average Bonchev–Trinajstić information content (AvgIpc) is 2.58. The number of anilines is 1. The molecule has 1 aromatic carbocycles. The summed E-state index contributed by atoms with van der Waals surface area (Å²) < 4.78 is 2.50. The van der Waals surface area contributed by atoms with E-state index in [0.717, 1.165) is 10.2 Å². The summed E-state index contributed by atoms with van der Waals surface area (Å²) in [5.74, 6) is 0. The Balaban J connectivity index is 2.10. The van der Waals surface area contributed by atoms with E-state index in [9.17, 15) is 0 Å². The minimum absolute atomic E-state index is 0.323. The summed E-state index contributed by atoms with van der Waals surface area (Å²) in [4.78, 5) is 0. The van der Waals surface area contributed by atoms with Crippen molar-refractivity contribution in [3.05, 3.63) is 44.6 Å². The van der Waals surface area contributed by atoms with Crippen molar-refractivity contribution in [2.45, 2.75) is 0 Å². The molecular formula is C11H9BrCl2N4. The maximum Gasteiger partial charge on any atom is 0.161 e. The number of hydrogen-bond donors (Lipinski definition) is 1. The molecule has 0 fully saturated rings. The molecule has 0 aliphatic rings. The zero-order valence-electron chi connectivity index (χ0n) is 9.36. The molecule has 0 atom stereocenters. The highest BCUT2D eigenvalue weighted by Gasteiger charge is 2.10. The SMILES string of the molecule is Cn1nc(Cl)c(C=NNc2ccc(Br)cc2)c1Cl. The third-order valence-electron chi connectivity index (χ3n) is 2.20. The smallest absolute Gasteiger partial charge is 0.161 e. The number of hydrazone groups is 1. The lowest BCUT2D eigenvalue weighted by Crippen LogP contribution is -1.91. The molecule has 0 radical (unpaired) electrons. The van der Waals surface area contributed by atoms with Gasteiger partial charge in [0.2, 0.25) is 0 Å². The lowest BCUT2D eigenvalue weighted by molar-refractivity contribution is 0.769. The summed E-state index contributed by atoms with van der Waals surface area (Å²) >= 11 is 15.3. The van der Waals surface area contributed by atoms with Crippen molar-refractivity contribution >= 4 is 51.0 Å². The first-order chi connectivity index (χ1) is 8.58. The fourth-order valence-corrected chi connectivity index (χ4v) is 2.03. The van der Waals surface area contributed by atoms with Gasteiger partial charge in [-0.15, -0.1) is 0 Å². The first kappa shape index (κ1) is 13.4.